The summed E-state index contributed by atoms with van der Waals surface area (Å²) < 4.78 is 38.1. The molecule has 0 aliphatic carbocycles. The third-order valence-electron chi connectivity index (χ3n) is 4.99. The lowest BCUT2D eigenvalue weighted by atomic mass is 9.96. The van der Waals surface area contributed by atoms with Gasteiger partial charge in [0.25, 0.3) is 0 Å². The third kappa shape index (κ3) is 8.40. The Labute approximate surface area is 182 Å². The van der Waals surface area contributed by atoms with Crippen molar-refractivity contribution in [2.45, 2.75) is 52.9 Å². The van der Waals surface area contributed by atoms with Crippen molar-refractivity contribution in [3.05, 3.63) is 35.4 Å². The van der Waals surface area contributed by atoms with E-state index in [0.717, 1.165) is 43.8 Å². The summed E-state index contributed by atoms with van der Waals surface area (Å²) in [6, 6.07) is 5.56. The van der Waals surface area contributed by atoms with Crippen LogP contribution in [0.15, 0.2) is 29.3 Å². The molecule has 2 rings (SSSR count). The van der Waals surface area contributed by atoms with Gasteiger partial charge in [0.05, 0.1) is 12.1 Å². The lowest BCUT2D eigenvalue weighted by molar-refractivity contribution is -0.137. The highest BCUT2D eigenvalue weighted by molar-refractivity contribution is 5.81. The summed E-state index contributed by atoms with van der Waals surface area (Å²) in [5, 5.41) is 9.51. The van der Waals surface area contributed by atoms with Gasteiger partial charge in [0.2, 0.25) is 5.91 Å². The van der Waals surface area contributed by atoms with Gasteiger partial charge in [-0.25, -0.2) is 0 Å². The Morgan fingerprint density at radius 2 is 1.84 bits per heavy atom. The van der Waals surface area contributed by atoms with Crippen molar-refractivity contribution in [3.63, 3.8) is 0 Å². The number of halogens is 3. The maximum Gasteiger partial charge on any atom is 0.416 e. The van der Waals surface area contributed by atoms with E-state index in [1.807, 2.05) is 27.7 Å². The Balaban J connectivity index is 1.81. The SMILES string of the molecule is CCNC(=NCCNC(=O)C(C)(C)C)NC1CCN(Cc2ccc(C(F)(F)F)cc2)C1. The van der Waals surface area contributed by atoms with Crippen molar-refractivity contribution >= 4 is 11.9 Å². The van der Waals surface area contributed by atoms with Crippen LogP contribution in [-0.4, -0.2) is 55.5 Å². The van der Waals surface area contributed by atoms with Gasteiger partial charge in [-0.3, -0.25) is 14.7 Å². The fraction of sp³-hybridized carbons (Fsp3) is 0.636. The van der Waals surface area contributed by atoms with Crippen LogP contribution in [0.5, 0.6) is 0 Å². The average molecular weight is 442 g/mol. The predicted molar refractivity (Wildman–Crippen MR) is 117 cm³/mol. The van der Waals surface area contributed by atoms with Gasteiger partial charge >= 0.3 is 6.18 Å². The van der Waals surface area contributed by atoms with Crippen LogP contribution in [0.1, 0.15) is 45.2 Å². The zero-order valence-corrected chi connectivity index (χ0v) is 18.8. The van der Waals surface area contributed by atoms with E-state index in [9.17, 15) is 18.0 Å². The van der Waals surface area contributed by atoms with E-state index in [0.29, 0.717) is 25.6 Å². The summed E-state index contributed by atoms with van der Waals surface area (Å²) in [7, 11) is 0. The van der Waals surface area contributed by atoms with Gasteiger partial charge in [-0.2, -0.15) is 13.2 Å². The highest BCUT2D eigenvalue weighted by Crippen LogP contribution is 2.29. The predicted octanol–water partition coefficient (Wildman–Crippen LogP) is 3.00. The summed E-state index contributed by atoms with van der Waals surface area (Å²) >= 11 is 0. The Hall–Kier alpha value is -2.29. The van der Waals surface area contributed by atoms with Crippen LogP contribution in [0, 0.1) is 5.41 Å². The molecule has 0 bridgehead atoms. The first-order valence-corrected chi connectivity index (χ1v) is 10.7. The summed E-state index contributed by atoms with van der Waals surface area (Å²) in [5.74, 6) is 0.698. The number of guanidine groups is 1. The summed E-state index contributed by atoms with van der Waals surface area (Å²) in [6.07, 6.45) is -3.38. The van der Waals surface area contributed by atoms with Crippen LogP contribution in [0.4, 0.5) is 13.2 Å². The van der Waals surface area contributed by atoms with Crippen molar-refractivity contribution in [2.75, 3.05) is 32.7 Å². The fourth-order valence-electron chi connectivity index (χ4n) is 3.27. The van der Waals surface area contributed by atoms with Gasteiger partial charge in [0.1, 0.15) is 0 Å². The van der Waals surface area contributed by atoms with E-state index < -0.39 is 17.2 Å². The molecule has 1 fully saturated rings. The largest absolute Gasteiger partial charge is 0.416 e. The molecule has 0 saturated carbocycles. The smallest absolute Gasteiger partial charge is 0.357 e. The molecule has 1 aliphatic heterocycles. The molecule has 0 radical (unpaired) electrons. The molecule has 3 N–H and O–H groups in total. The van der Waals surface area contributed by atoms with E-state index >= 15 is 0 Å². The number of hydrogen-bond donors (Lipinski definition) is 3. The van der Waals surface area contributed by atoms with Gasteiger partial charge in [-0.05, 0) is 31.0 Å². The second-order valence-electron chi connectivity index (χ2n) is 8.83. The molecular formula is C22H34F3N5O. The molecule has 0 spiro atoms. The number of amides is 1. The zero-order chi connectivity index (χ0) is 23.1. The molecule has 9 heteroatoms. The number of carbonyl (C=O) groups is 1. The number of likely N-dealkylation sites (tertiary alicyclic amines) is 1. The number of aliphatic imine (C=N–C) groups is 1. The number of carbonyl (C=O) groups excluding carboxylic acids is 1. The van der Waals surface area contributed by atoms with Crippen molar-refractivity contribution in [3.8, 4) is 0 Å². The molecule has 1 aromatic rings. The number of hydrogen-bond acceptors (Lipinski definition) is 3. The molecule has 174 valence electrons. The Kier molecular flexibility index (Phi) is 8.73. The van der Waals surface area contributed by atoms with Crippen LogP contribution in [0.2, 0.25) is 0 Å². The van der Waals surface area contributed by atoms with E-state index in [1.165, 1.54) is 0 Å². The normalized spacial score (nSPS) is 18.2. The first-order chi connectivity index (χ1) is 14.5. The monoisotopic (exact) mass is 441 g/mol. The number of nitrogens with zero attached hydrogens (tertiary/aromatic N) is 2. The molecular weight excluding hydrogens is 407 g/mol. The number of benzene rings is 1. The minimum atomic E-state index is -4.31. The molecule has 1 aliphatic rings. The molecule has 6 nitrogen and oxygen atoms in total. The zero-order valence-electron chi connectivity index (χ0n) is 18.8. The minimum Gasteiger partial charge on any atom is -0.357 e. The maximum atomic E-state index is 12.7. The van der Waals surface area contributed by atoms with Crippen molar-refractivity contribution in [1.29, 1.82) is 0 Å². The highest BCUT2D eigenvalue weighted by atomic mass is 19.4. The highest BCUT2D eigenvalue weighted by Gasteiger charge is 2.30. The molecule has 1 saturated heterocycles. The van der Waals surface area contributed by atoms with Crippen LogP contribution in [-0.2, 0) is 17.5 Å². The quantitative estimate of drug-likeness (QED) is 0.346. The van der Waals surface area contributed by atoms with Crippen LogP contribution >= 0.6 is 0 Å². The maximum absolute atomic E-state index is 12.7. The second-order valence-corrected chi connectivity index (χ2v) is 8.83. The molecule has 1 aromatic carbocycles. The number of alkyl halides is 3. The molecule has 1 heterocycles. The van der Waals surface area contributed by atoms with Crippen LogP contribution in [0.3, 0.4) is 0 Å². The first-order valence-electron chi connectivity index (χ1n) is 10.7. The summed E-state index contributed by atoms with van der Waals surface area (Å²) in [5.41, 5.74) is -0.182. The van der Waals surface area contributed by atoms with E-state index in [2.05, 4.69) is 25.8 Å². The van der Waals surface area contributed by atoms with Crippen molar-refractivity contribution in [1.82, 2.24) is 20.9 Å². The van der Waals surface area contributed by atoms with E-state index in [-0.39, 0.29) is 11.9 Å². The van der Waals surface area contributed by atoms with Gasteiger partial charge in [0.15, 0.2) is 5.96 Å². The summed E-state index contributed by atoms with van der Waals surface area (Å²) in [4.78, 5) is 18.7. The molecule has 1 atom stereocenters. The van der Waals surface area contributed by atoms with E-state index in [4.69, 9.17) is 0 Å². The van der Waals surface area contributed by atoms with Gasteiger partial charge < -0.3 is 16.0 Å². The topological polar surface area (TPSA) is 68.8 Å². The lowest BCUT2D eigenvalue weighted by Gasteiger charge is -2.19. The Morgan fingerprint density at radius 1 is 1.16 bits per heavy atom. The third-order valence-corrected chi connectivity index (χ3v) is 4.99. The minimum absolute atomic E-state index is 0.00430. The summed E-state index contributed by atoms with van der Waals surface area (Å²) in [6.45, 7) is 11.5. The molecule has 31 heavy (non-hydrogen) atoms. The molecule has 1 unspecified atom stereocenters. The van der Waals surface area contributed by atoms with Crippen molar-refractivity contribution in [2.24, 2.45) is 10.4 Å². The Bertz CT molecular complexity index is 741. The van der Waals surface area contributed by atoms with Crippen LogP contribution < -0.4 is 16.0 Å². The van der Waals surface area contributed by atoms with Crippen LogP contribution in [0.25, 0.3) is 0 Å². The molecule has 0 aromatic heterocycles. The average Bonchev–Trinajstić information content (AvgIpc) is 3.10. The lowest BCUT2D eigenvalue weighted by Crippen LogP contribution is -2.45. The van der Waals surface area contributed by atoms with Gasteiger partial charge in [-0.1, -0.05) is 32.9 Å². The van der Waals surface area contributed by atoms with Crippen molar-refractivity contribution < 1.29 is 18.0 Å². The number of rotatable bonds is 7. The second kappa shape index (κ2) is 10.8. The first kappa shape index (κ1) is 25.0. The van der Waals surface area contributed by atoms with Gasteiger partial charge in [-0.15, -0.1) is 0 Å². The standard InChI is InChI=1S/C22H34F3N5O/c1-5-26-20(28-12-11-27-19(31)21(2,3)4)29-18-10-13-30(15-18)14-16-6-8-17(9-7-16)22(23,24)25/h6-9,18H,5,10-15H2,1-4H3,(H,27,31)(H2,26,28,29). The van der Waals surface area contributed by atoms with Gasteiger partial charge in [0, 0.05) is 44.2 Å². The Morgan fingerprint density at radius 3 is 2.42 bits per heavy atom. The van der Waals surface area contributed by atoms with E-state index in [1.54, 1.807) is 12.1 Å². The molecule has 1 amide bonds. The number of nitrogens with one attached hydrogen (secondary N) is 3. The fourth-order valence-corrected chi connectivity index (χ4v) is 3.27.